The van der Waals surface area contributed by atoms with Gasteiger partial charge in [0, 0.05) is 18.9 Å². The number of aromatic nitrogens is 4. The molecular weight excluding hydrogens is 362 g/mol. The number of pyridine rings is 2. The Morgan fingerprint density at radius 1 is 1.14 bits per heavy atom. The van der Waals surface area contributed by atoms with E-state index in [1.807, 2.05) is 42.3 Å². The van der Waals surface area contributed by atoms with E-state index in [4.69, 9.17) is 9.98 Å². The smallest absolute Gasteiger partial charge is 0.161 e. The molecule has 7 heteroatoms. The Morgan fingerprint density at radius 2 is 2.07 bits per heavy atom. The third-order valence-electron chi connectivity index (χ3n) is 5.62. The number of nitrogens with one attached hydrogen (secondary N) is 1. The quantitative estimate of drug-likeness (QED) is 0.744. The highest BCUT2D eigenvalue weighted by molar-refractivity contribution is 5.90. The van der Waals surface area contributed by atoms with Gasteiger partial charge in [-0.2, -0.15) is 0 Å². The summed E-state index contributed by atoms with van der Waals surface area (Å²) in [4.78, 5) is 18.9. The van der Waals surface area contributed by atoms with Crippen molar-refractivity contribution in [2.75, 3.05) is 6.54 Å². The predicted molar refractivity (Wildman–Crippen MR) is 112 cm³/mol. The molecule has 0 aliphatic carbocycles. The number of hydrogen-bond donors (Lipinski definition) is 1. The van der Waals surface area contributed by atoms with Gasteiger partial charge in [0.15, 0.2) is 6.17 Å². The highest BCUT2D eigenvalue weighted by Crippen LogP contribution is 2.33. The van der Waals surface area contributed by atoms with E-state index in [0.29, 0.717) is 0 Å². The van der Waals surface area contributed by atoms with Gasteiger partial charge >= 0.3 is 0 Å². The van der Waals surface area contributed by atoms with Gasteiger partial charge in [0.25, 0.3) is 0 Å². The van der Waals surface area contributed by atoms with E-state index >= 15 is 0 Å². The number of piperidine rings is 1. The monoisotopic (exact) mass is 387 g/mol. The first-order chi connectivity index (χ1) is 14.2. The summed E-state index contributed by atoms with van der Waals surface area (Å²) >= 11 is 0. The lowest BCUT2D eigenvalue weighted by atomic mass is 9.94. The van der Waals surface area contributed by atoms with Crippen molar-refractivity contribution in [2.24, 2.45) is 4.99 Å². The molecule has 5 rings (SSSR count). The van der Waals surface area contributed by atoms with E-state index in [9.17, 15) is 0 Å². The third kappa shape index (κ3) is 3.31. The van der Waals surface area contributed by atoms with Crippen molar-refractivity contribution >= 4 is 5.84 Å². The fourth-order valence-corrected chi connectivity index (χ4v) is 4.19. The van der Waals surface area contributed by atoms with Gasteiger partial charge in [-0.3, -0.25) is 15.0 Å². The van der Waals surface area contributed by atoms with E-state index in [1.54, 1.807) is 0 Å². The fraction of sp³-hybridized carbons (Fsp3) is 0.364. The SMILES string of the molecule is CCc1nc(C2N=C3C(c4ccccn4)CCCN3N2)ccc1-n1cnc(C)c1. The summed E-state index contributed by atoms with van der Waals surface area (Å²) < 4.78 is 2.04. The number of fused-ring (bicyclic) bond motifs is 1. The van der Waals surface area contributed by atoms with Crippen LogP contribution in [-0.4, -0.2) is 36.9 Å². The summed E-state index contributed by atoms with van der Waals surface area (Å²) in [6, 6.07) is 10.3. The number of aliphatic imine (C=N–C) groups is 1. The molecule has 1 N–H and O–H groups in total. The summed E-state index contributed by atoms with van der Waals surface area (Å²) in [7, 11) is 0. The molecule has 2 atom stereocenters. The lowest BCUT2D eigenvalue weighted by Gasteiger charge is -2.31. The molecule has 0 bridgehead atoms. The molecule has 0 aromatic carbocycles. The first kappa shape index (κ1) is 18.0. The van der Waals surface area contributed by atoms with Crippen LogP contribution in [0.1, 0.15) is 54.6 Å². The van der Waals surface area contributed by atoms with Gasteiger partial charge in [-0.25, -0.2) is 15.4 Å². The lowest BCUT2D eigenvalue weighted by Crippen LogP contribution is -2.44. The Morgan fingerprint density at radius 3 is 2.83 bits per heavy atom. The van der Waals surface area contributed by atoms with Gasteiger partial charge in [-0.1, -0.05) is 13.0 Å². The maximum absolute atomic E-state index is 5.03. The van der Waals surface area contributed by atoms with Crippen LogP contribution in [0.2, 0.25) is 0 Å². The summed E-state index contributed by atoms with van der Waals surface area (Å²) in [6.45, 7) is 5.09. The zero-order valence-electron chi connectivity index (χ0n) is 16.8. The fourth-order valence-electron chi connectivity index (χ4n) is 4.19. The van der Waals surface area contributed by atoms with E-state index < -0.39 is 0 Å². The average Bonchev–Trinajstić information content (AvgIpc) is 3.40. The minimum absolute atomic E-state index is 0.154. The van der Waals surface area contributed by atoms with Crippen LogP contribution in [0.15, 0.2) is 54.0 Å². The number of hydrazine groups is 1. The molecule has 0 saturated carbocycles. The highest BCUT2D eigenvalue weighted by Gasteiger charge is 2.35. The molecule has 148 valence electrons. The molecule has 1 saturated heterocycles. The molecule has 2 aliphatic rings. The number of imidazole rings is 1. The molecule has 2 aliphatic heterocycles. The van der Waals surface area contributed by atoms with E-state index in [0.717, 1.165) is 60.1 Å². The van der Waals surface area contributed by atoms with Crippen LogP contribution >= 0.6 is 0 Å². The standard InChI is InChI=1S/C22H25N7/c1-3-17-20(28-13-15(2)24-14-28)10-9-19(25-17)21-26-22-16(7-6-12-29(22)27-21)18-8-4-5-11-23-18/h4-5,8-11,13-14,16,21,27H,3,6-7,12H2,1-2H3. The molecule has 3 aromatic rings. The Kier molecular flexibility index (Phi) is 4.60. The molecule has 7 nitrogen and oxygen atoms in total. The van der Waals surface area contributed by atoms with Crippen molar-refractivity contribution in [3.63, 3.8) is 0 Å². The van der Waals surface area contributed by atoms with Gasteiger partial charge in [0.05, 0.1) is 40.7 Å². The van der Waals surface area contributed by atoms with E-state index in [-0.39, 0.29) is 12.1 Å². The minimum atomic E-state index is -0.154. The molecule has 5 heterocycles. The van der Waals surface area contributed by atoms with Gasteiger partial charge in [-0.15, -0.1) is 0 Å². The average molecular weight is 387 g/mol. The normalized spacial score (nSPS) is 21.2. The molecule has 0 amide bonds. The highest BCUT2D eigenvalue weighted by atomic mass is 15.6. The van der Waals surface area contributed by atoms with Crippen LogP contribution in [0, 0.1) is 6.92 Å². The minimum Gasteiger partial charge on any atom is -0.304 e. The molecule has 3 aromatic heterocycles. The van der Waals surface area contributed by atoms with Crippen LogP contribution in [0.5, 0.6) is 0 Å². The summed E-state index contributed by atoms with van der Waals surface area (Å²) in [5.74, 6) is 1.32. The Balaban J connectivity index is 1.46. The maximum Gasteiger partial charge on any atom is 0.161 e. The topological polar surface area (TPSA) is 71.2 Å². The largest absolute Gasteiger partial charge is 0.304 e. The maximum atomic E-state index is 5.03. The Bertz CT molecular complexity index is 1040. The van der Waals surface area contributed by atoms with Crippen molar-refractivity contribution in [1.82, 2.24) is 30.0 Å². The summed E-state index contributed by atoms with van der Waals surface area (Å²) in [5.41, 5.74) is 8.70. The second-order valence-corrected chi connectivity index (χ2v) is 7.60. The van der Waals surface area contributed by atoms with Crippen LogP contribution in [0.4, 0.5) is 0 Å². The molecule has 29 heavy (non-hydrogen) atoms. The first-order valence-corrected chi connectivity index (χ1v) is 10.3. The van der Waals surface area contributed by atoms with Crippen molar-refractivity contribution < 1.29 is 0 Å². The molecule has 0 spiro atoms. The van der Waals surface area contributed by atoms with Gasteiger partial charge < -0.3 is 4.57 Å². The molecule has 1 fully saturated rings. The molecule has 2 unspecified atom stereocenters. The number of rotatable bonds is 4. The Labute approximate surface area is 170 Å². The van der Waals surface area contributed by atoms with Crippen LogP contribution < -0.4 is 5.43 Å². The van der Waals surface area contributed by atoms with Crippen LogP contribution in [0.3, 0.4) is 0 Å². The second kappa shape index (κ2) is 7.40. The van der Waals surface area contributed by atoms with Gasteiger partial charge in [0.1, 0.15) is 5.84 Å². The van der Waals surface area contributed by atoms with E-state index in [1.165, 1.54) is 0 Å². The van der Waals surface area contributed by atoms with Crippen molar-refractivity contribution in [3.05, 3.63) is 71.8 Å². The van der Waals surface area contributed by atoms with Gasteiger partial charge in [0.2, 0.25) is 0 Å². The summed E-state index contributed by atoms with van der Waals surface area (Å²) in [5, 5.41) is 2.19. The number of nitrogens with zero attached hydrogens (tertiary/aromatic N) is 6. The lowest BCUT2D eigenvalue weighted by molar-refractivity contribution is 0.266. The molecular formula is C22H25N7. The van der Waals surface area contributed by atoms with Gasteiger partial charge in [-0.05, 0) is 50.5 Å². The predicted octanol–water partition coefficient (Wildman–Crippen LogP) is 3.33. The first-order valence-electron chi connectivity index (χ1n) is 10.3. The van der Waals surface area contributed by atoms with Crippen LogP contribution in [-0.2, 0) is 6.42 Å². The van der Waals surface area contributed by atoms with Crippen LogP contribution in [0.25, 0.3) is 5.69 Å². The zero-order chi connectivity index (χ0) is 19.8. The zero-order valence-corrected chi connectivity index (χ0v) is 16.8. The van der Waals surface area contributed by atoms with E-state index in [2.05, 4.69) is 45.5 Å². The third-order valence-corrected chi connectivity index (χ3v) is 5.62. The number of amidine groups is 1. The second-order valence-electron chi connectivity index (χ2n) is 7.60. The Hall–Kier alpha value is -3.06. The van der Waals surface area contributed by atoms with Crippen molar-refractivity contribution in [1.29, 1.82) is 0 Å². The number of hydrogen-bond acceptors (Lipinski definition) is 6. The van der Waals surface area contributed by atoms with Crippen molar-refractivity contribution in [3.8, 4) is 5.69 Å². The summed E-state index contributed by atoms with van der Waals surface area (Å²) in [6.07, 6.45) is 8.63. The number of aryl methyl sites for hydroxylation is 2. The van der Waals surface area contributed by atoms with Crippen molar-refractivity contribution in [2.45, 2.75) is 45.2 Å². The molecule has 0 radical (unpaired) electrons.